The lowest BCUT2D eigenvalue weighted by molar-refractivity contribution is -0.173. The van der Waals surface area contributed by atoms with Gasteiger partial charge in [0.15, 0.2) is 0 Å². The summed E-state index contributed by atoms with van der Waals surface area (Å²) in [4.78, 5) is 16.6. The van der Waals surface area contributed by atoms with E-state index in [-0.39, 0.29) is 11.8 Å². The summed E-state index contributed by atoms with van der Waals surface area (Å²) in [6, 6.07) is 10.2. The molecule has 0 fully saturated rings. The molecule has 1 amide bonds. The molecule has 1 unspecified atom stereocenters. The van der Waals surface area contributed by atoms with Crippen molar-refractivity contribution >= 4 is 5.91 Å². The Morgan fingerprint density at radius 1 is 1.39 bits per heavy atom. The Morgan fingerprint density at radius 3 is 2.67 bits per heavy atom. The maximum atomic E-state index is 11.7. The van der Waals surface area contributed by atoms with Gasteiger partial charge in [-0.2, -0.15) is 0 Å². The van der Waals surface area contributed by atoms with Gasteiger partial charge in [0.25, 0.3) is 0 Å². The zero-order valence-electron chi connectivity index (χ0n) is 11.3. The van der Waals surface area contributed by atoms with Gasteiger partial charge in [-0.3, -0.25) is 9.63 Å². The number of rotatable bonds is 7. The molecule has 0 aliphatic rings. The molecule has 1 aromatic carbocycles. The molecule has 4 heteroatoms. The number of hydrogen-bond acceptors (Lipinski definition) is 3. The first-order chi connectivity index (χ1) is 8.65. The summed E-state index contributed by atoms with van der Waals surface area (Å²) in [6.07, 6.45) is 0.805. The van der Waals surface area contributed by atoms with Crippen LogP contribution in [0.2, 0.25) is 0 Å². The average molecular weight is 250 g/mol. The first-order valence-electron chi connectivity index (χ1n) is 6.21. The van der Waals surface area contributed by atoms with Crippen molar-refractivity contribution in [2.24, 2.45) is 5.92 Å². The Bertz CT molecular complexity index is 354. The summed E-state index contributed by atoms with van der Waals surface area (Å²) in [5.41, 5.74) is 1.26. The number of hydrogen-bond donors (Lipinski definition) is 1. The zero-order valence-corrected chi connectivity index (χ0v) is 11.3. The van der Waals surface area contributed by atoms with Crippen LogP contribution in [0.1, 0.15) is 18.9 Å². The third-order valence-electron chi connectivity index (χ3n) is 2.93. The second-order valence-corrected chi connectivity index (χ2v) is 4.37. The summed E-state index contributed by atoms with van der Waals surface area (Å²) in [7, 11) is 3.13. The van der Waals surface area contributed by atoms with E-state index in [4.69, 9.17) is 4.84 Å². The normalized spacial score (nSPS) is 12.2. The molecule has 0 heterocycles. The zero-order chi connectivity index (χ0) is 13.4. The summed E-state index contributed by atoms with van der Waals surface area (Å²) >= 11 is 0. The quantitative estimate of drug-likeness (QED) is 0.593. The minimum atomic E-state index is -0.0294. The van der Waals surface area contributed by atoms with Gasteiger partial charge in [0.1, 0.15) is 0 Å². The molecule has 18 heavy (non-hydrogen) atoms. The molecule has 0 spiro atoms. The van der Waals surface area contributed by atoms with Crippen molar-refractivity contribution in [2.75, 3.05) is 20.7 Å². The molecule has 0 aromatic heterocycles. The van der Waals surface area contributed by atoms with Crippen LogP contribution in [0.5, 0.6) is 0 Å². The lowest BCUT2D eigenvalue weighted by Gasteiger charge is -2.18. The highest BCUT2D eigenvalue weighted by Gasteiger charge is 2.16. The molecule has 0 aliphatic carbocycles. The topological polar surface area (TPSA) is 41.6 Å². The van der Waals surface area contributed by atoms with Gasteiger partial charge in [0, 0.05) is 19.5 Å². The van der Waals surface area contributed by atoms with Gasteiger partial charge in [-0.1, -0.05) is 37.3 Å². The molecule has 1 rings (SSSR count). The van der Waals surface area contributed by atoms with Gasteiger partial charge in [-0.05, 0) is 18.5 Å². The maximum Gasteiger partial charge on any atom is 0.248 e. The standard InChI is InChI=1S/C14H22N2O2/c1-12(14(17)16(2)18-3)9-10-15-11-13-7-5-4-6-8-13/h4-8,12,15H,9-11H2,1-3H3. The van der Waals surface area contributed by atoms with Crippen LogP contribution in [-0.2, 0) is 16.2 Å². The molecule has 0 saturated heterocycles. The van der Waals surface area contributed by atoms with Crippen molar-refractivity contribution in [1.29, 1.82) is 0 Å². The van der Waals surface area contributed by atoms with E-state index in [1.54, 1.807) is 7.05 Å². The number of hydroxylamine groups is 2. The van der Waals surface area contributed by atoms with Crippen LogP contribution in [0.3, 0.4) is 0 Å². The van der Waals surface area contributed by atoms with E-state index < -0.39 is 0 Å². The molecule has 0 aliphatic heterocycles. The molecule has 4 nitrogen and oxygen atoms in total. The van der Waals surface area contributed by atoms with E-state index >= 15 is 0 Å². The van der Waals surface area contributed by atoms with E-state index in [2.05, 4.69) is 17.4 Å². The second-order valence-electron chi connectivity index (χ2n) is 4.37. The number of carbonyl (C=O) groups excluding carboxylic acids is 1. The first kappa shape index (κ1) is 14.7. The molecule has 1 N–H and O–H groups in total. The number of nitrogens with zero attached hydrogens (tertiary/aromatic N) is 1. The Kier molecular flexibility index (Phi) is 6.39. The fourth-order valence-electron chi connectivity index (χ4n) is 1.67. The van der Waals surface area contributed by atoms with Gasteiger partial charge >= 0.3 is 0 Å². The fraction of sp³-hybridized carbons (Fsp3) is 0.500. The van der Waals surface area contributed by atoms with Gasteiger partial charge < -0.3 is 5.32 Å². The van der Waals surface area contributed by atoms with E-state index in [1.807, 2.05) is 25.1 Å². The van der Waals surface area contributed by atoms with Crippen LogP contribution in [-0.4, -0.2) is 31.7 Å². The van der Waals surface area contributed by atoms with Crippen molar-refractivity contribution in [3.8, 4) is 0 Å². The summed E-state index contributed by atoms with van der Waals surface area (Å²) in [5.74, 6) is -0.0164. The number of amides is 1. The Balaban J connectivity index is 2.20. The number of nitrogens with one attached hydrogen (secondary N) is 1. The Labute approximate surface area is 109 Å². The molecule has 0 saturated carbocycles. The van der Waals surface area contributed by atoms with Crippen molar-refractivity contribution in [3.05, 3.63) is 35.9 Å². The van der Waals surface area contributed by atoms with Crippen LogP contribution in [0.25, 0.3) is 0 Å². The van der Waals surface area contributed by atoms with Crippen molar-refractivity contribution < 1.29 is 9.63 Å². The highest BCUT2D eigenvalue weighted by atomic mass is 16.7. The highest BCUT2D eigenvalue weighted by Crippen LogP contribution is 2.05. The van der Waals surface area contributed by atoms with Crippen LogP contribution >= 0.6 is 0 Å². The van der Waals surface area contributed by atoms with Gasteiger partial charge in [0.2, 0.25) is 5.91 Å². The summed E-state index contributed by atoms with van der Waals surface area (Å²) in [5, 5.41) is 4.61. The lowest BCUT2D eigenvalue weighted by atomic mass is 10.1. The van der Waals surface area contributed by atoms with Crippen molar-refractivity contribution in [1.82, 2.24) is 10.4 Å². The molecule has 1 atom stereocenters. The molecule has 1 aromatic rings. The van der Waals surface area contributed by atoms with E-state index in [0.717, 1.165) is 19.5 Å². The molecule has 0 bridgehead atoms. The number of benzene rings is 1. The van der Waals surface area contributed by atoms with Crippen molar-refractivity contribution in [3.63, 3.8) is 0 Å². The molecule has 0 radical (unpaired) electrons. The first-order valence-corrected chi connectivity index (χ1v) is 6.21. The summed E-state index contributed by atoms with van der Waals surface area (Å²) in [6.45, 7) is 3.57. The third-order valence-corrected chi connectivity index (χ3v) is 2.93. The third kappa shape index (κ3) is 4.85. The second kappa shape index (κ2) is 7.84. The summed E-state index contributed by atoms with van der Waals surface area (Å²) < 4.78 is 0. The minimum absolute atomic E-state index is 0.0130. The van der Waals surface area contributed by atoms with E-state index in [9.17, 15) is 4.79 Å². The maximum absolute atomic E-state index is 11.7. The fourth-order valence-corrected chi connectivity index (χ4v) is 1.67. The molecular weight excluding hydrogens is 228 g/mol. The average Bonchev–Trinajstić information content (AvgIpc) is 2.42. The lowest BCUT2D eigenvalue weighted by Crippen LogP contribution is -2.32. The molecule has 100 valence electrons. The Hall–Kier alpha value is -1.39. The highest BCUT2D eigenvalue weighted by molar-refractivity contribution is 5.77. The van der Waals surface area contributed by atoms with Crippen LogP contribution in [0.4, 0.5) is 0 Å². The number of carbonyl (C=O) groups is 1. The SMILES string of the molecule is CON(C)C(=O)C(C)CCNCc1ccccc1. The monoisotopic (exact) mass is 250 g/mol. The minimum Gasteiger partial charge on any atom is -0.313 e. The Morgan fingerprint density at radius 2 is 2.06 bits per heavy atom. The van der Waals surface area contributed by atoms with E-state index in [1.165, 1.54) is 17.7 Å². The van der Waals surface area contributed by atoms with Gasteiger partial charge in [-0.25, -0.2) is 5.06 Å². The smallest absolute Gasteiger partial charge is 0.248 e. The van der Waals surface area contributed by atoms with Crippen LogP contribution in [0, 0.1) is 5.92 Å². The largest absolute Gasteiger partial charge is 0.313 e. The van der Waals surface area contributed by atoms with Crippen LogP contribution < -0.4 is 5.32 Å². The van der Waals surface area contributed by atoms with Gasteiger partial charge in [-0.15, -0.1) is 0 Å². The van der Waals surface area contributed by atoms with Crippen LogP contribution in [0.15, 0.2) is 30.3 Å². The van der Waals surface area contributed by atoms with E-state index in [0.29, 0.717) is 0 Å². The molecular formula is C14H22N2O2. The van der Waals surface area contributed by atoms with Crippen molar-refractivity contribution in [2.45, 2.75) is 19.9 Å². The predicted octanol–water partition coefficient (Wildman–Crippen LogP) is 1.82. The predicted molar refractivity (Wildman–Crippen MR) is 71.7 cm³/mol. The van der Waals surface area contributed by atoms with Gasteiger partial charge in [0.05, 0.1) is 7.11 Å².